The van der Waals surface area contributed by atoms with Gasteiger partial charge in [0.15, 0.2) is 0 Å². The number of rotatable bonds is 3. The van der Waals surface area contributed by atoms with Crippen molar-refractivity contribution in [1.82, 2.24) is 20.5 Å². The number of anilines is 2. The van der Waals surface area contributed by atoms with Crippen molar-refractivity contribution in [3.63, 3.8) is 0 Å². The number of hydrogen-bond donors (Lipinski definition) is 3. The van der Waals surface area contributed by atoms with Crippen LogP contribution in [0.1, 0.15) is 50.5 Å². The number of aryl methyl sites for hydroxylation is 1. The molecule has 176 valence electrons. The molecular weight excluding hydrogens is 439 g/mol. The number of halogens is 3. The molecule has 1 aromatic carbocycles. The van der Waals surface area contributed by atoms with Gasteiger partial charge < -0.3 is 14.6 Å². The van der Waals surface area contributed by atoms with Crippen LogP contribution >= 0.6 is 0 Å². The summed E-state index contributed by atoms with van der Waals surface area (Å²) in [6.07, 6.45) is -0.720. The standard InChI is InChI=1S/C21H24F3N7O2/c1-11-6-15-9-20(8-11,18-28-27-13(3)33-18)31(15)19(32)25-14-4-5-16(21(22,23)24)17(7-14)30-10-12(2)26-29-30/h4-5,7,10-11,15,26,29H,6,8-9H2,1-3H3,(H,25,32)/p+1/t11-,15?,20?/m0/s1. The first-order chi connectivity index (χ1) is 15.6. The normalized spacial score (nSPS) is 26.5. The van der Waals surface area contributed by atoms with Gasteiger partial charge in [-0.3, -0.25) is 0 Å². The Morgan fingerprint density at radius 2 is 2.09 bits per heavy atom. The van der Waals surface area contributed by atoms with Gasteiger partial charge in [-0.1, -0.05) is 6.92 Å². The summed E-state index contributed by atoms with van der Waals surface area (Å²) in [6, 6.07) is 3.20. The SMILES string of the molecule is CC1=CN(c2cc(NC(=O)N3C4C[C@H](C)CC3(c3nnc(C)o3)C4)ccc2C(F)(F)F)[NH2+]N1. The number of benzene rings is 1. The van der Waals surface area contributed by atoms with Crippen LogP contribution in [0.4, 0.5) is 29.3 Å². The number of aromatic nitrogens is 2. The van der Waals surface area contributed by atoms with Gasteiger partial charge in [0.05, 0.1) is 17.5 Å². The van der Waals surface area contributed by atoms with Crippen molar-refractivity contribution in [3.8, 4) is 0 Å². The molecule has 2 bridgehead atoms. The molecule has 2 aromatic rings. The number of alkyl halides is 3. The van der Waals surface area contributed by atoms with E-state index in [0.29, 0.717) is 29.8 Å². The zero-order chi connectivity index (χ0) is 23.5. The summed E-state index contributed by atoms with van der Waals surface area (Å²) in [5, 5.41) is 12.3. The maximum absolute atomic E-state index is 13.6. The highest BCUT2D eigenvalue weighted by Crippen LogP contribution is 2.55. The highest BCUT2D eigenvalue weighted by molar-refractivity contribution is 5.91. The molecule has 0 spiro atoms. The maximum Gasteiger partial charge on any atom is 0.418 e. The van der Waals surface area contributed by atoms with E-state index in [1.807, 2.05) is 0 Å². The van der Waals surface area contributed by atoms with Crippen molar-refractivity contribution < 1.29 is 27.9 Å². The highest BCUT2D eigenvalue weighted by atomic mass is 19.4. The summed E-state index contributed by atoms with van der Waals surface area (Å²) in [7, 11) is 0. The van der Waals surface area contributed by atoms with Crippen LogP contribution in [-0.2, 0) is 11.7 Å². The number of hydrogen-bond acceptors (Lipinski definition) is 6. The molecule has 2 unspecified atom stereocenters. The third-order valence-corrected chi connectivity index (χ3v) is 6.50. The van der Waals surface area contributed by atoms with Crippen LogP contribution in [0.5, 0.6) is 0 Å². The number of carbonyl (C=O) groups is 1. The van der Waals surface area contributed by atoms with Crippen molar-refractivity contribution in [2.75, 3.05) is 10.3 Å². The van der Waals surface area contributed by atoms with Gasteiger partial charge in [0.2, 0.25) is 11.8 Å². The predicted molar refractivity (Wildman–Crippen MR) is 111 cm³/mol. The van der Waals surface area contributed by atoms with E-state index in [0.717, 1.165) is 18.9 Å². The number of amides is 2. The number of nitrogens with one attached hydrogen (secondary N) is 2. The summed E-state index contributed by atoms with van der Waals surface area (Å²) in [4.78, 5) is 15.0. The number of urea groups is 1. The Morgan fingerprint density at radius 1 is 1.30 bits per heavy atom. The topological polar surface area (TPSA) is 103 Å². The van der Waals surface area contributed by atoms with Gasteiger partial charge in [-0.05, 0) is 43.9 Å². The minimum atomic E-state index is -4.54. The second kappa shape index (κ2) is 7.37. The van der Waals surface area contributed by atoms with E-state index in [9.17, 15) is 18.0 Å². The molecule has 4 heterocycles. The molecule has 5 rings (SSSR count). The fourth-order valence-electron chi connectivity index (χ4n) is 5.27. The lowest BCUT2D eigenvalue weighted by atomic mass is 9.64. The molecule has 0 aliphatic carbocycles. The van der Waals surface area contributed by atoms with E-state index in [1.54, 1.807) is 24.9 Å². The van der Waals surface area contributed by atoms with E-state index < -0.39 is 23.3 Å². The quantitative estimate of drug-likeness (QED) is 0.604. The molecule has 0 saturated carbocycles. The Hall–Kier alpha value is -3.28. The van der Waals surface area contributed by atoms with Gasteiger partial charge >= 0.3 is 12.2 Å². The van der Waals surface area contributed by atoms with E-state index in [4.69, 9.17) is 4.42 Å². The number of nitrogens with two attached hydrogens (primary N) is 1. The minimum Gasteiger partial charge on any atom is -0.423 e. The van der Waals surface area contributed by atoms with Crippen molar-refractivity contribution in [2.24, 2.45) is 5.92 Å². The third kappa shape index (κ3) is 3.58. The fourth-order valence-corrected chi connectivity index (χ4v) is 5.27. The molecule has 2 amide bonds. The van der Waals surface area contributed by atoms with E-state index in [2.05, 4.69) is 27.9 Å². The van der Waals surface area contributed by atoms with Crippen LogP contribution in [-0.4, -0.2) is 27.2 Å². The Bertz CT molecular complexity index is 1130. The Balaban J connectivity index is 1.44. The second-order valence-corrected chi connectivity index (χ2v) is 9.08. The summed E-state index contributed by atoms with van der Waals surface area (Å²) >= 11 is 0. The van der Waals surface area contributed by atoms with Gasteiger partial charge in [0.25, 0.3) is 0 Å². The number of nitrogens with zero attached hydrogens (tertiary/aromatic N) is 4. The molecule has 3 atom stereocenters. The van der Waals surface area contributed by atoms with Crippen molar-refractivity contribution >= 4 is 17.4 Å². The molecule has 2 saturated heterocycles. The average Bonchev–Trinajstić information content (AvgIpc) is 3.35. The van der Waals surface area contributed by atoms with Crippen LogP contribution in [0, 0.1) is 12.8 Å². The summed E-state index contributed by atoms with van der Waals surface area (Å²) < 4.78 is 46.6. The summed E-state index contributed by atoms with van der Waals surface area (Å²) in [6.45, 7) is 5.57. The molecule has 33 heavy (non-hydrogen) atoms. The fraction of sp³-hybridized carbons (Fsp3) is 0.476. The van der Waals surface area contributed by atoms with Gasteiger partial charge in [-0.15, -0.1) is 15.7 Å². The second-order valence-electron chi connectivity index (χ2n) is 9.08. The molecule has 3 aliphatic heterocycles. The first kappa shape index (κ1) is 21.6. The molecule has 4 N–H and O–H groups in total. The monoisotopic (exact) mass is 464 g/mol. The lowest BCUT2D eigenvalue weighted by molar-refractivity contribution is -0.700. The van der Waals surface area contributed by atoms with Crippen molar-refractivity contribution in [1.29, 1.82) is 0 Å². The van der Waals surface area contributed by atoms with Gasteiger partial charge in [0, 0.05) is 25.1 Å². The molecular formula is C21H25F3N7O2+. The molecule has 9 nitrogen and oxygen atoms in total. The van der Waals surface area contributed by atoms with E-state index >= 15 is 0 Å². The minimum absolute atomic E-state index is 0.0107. The molecule has 12 heteroatoms. The molecule has 2 fully saturated rings. The van der Waals surface area contributed by atoms with Crippen molar-refractivity contribution in [2.45, 2.75) is 57.8 Å². The Kier molecular flexibility index (Phi) is 4.82. The predicted octanol–water partition coefficient (Wildman–Crippen LogP) is 2.99. The average molecular weight is 464 g/mol. The zero-order valence-electron chi connectivity index (χ0n) is 18.4. The Labute approximate surface area is 187 Å². The zero-order valence-corrected chi connectivity index (χ0v) is 18.4. The van der Waals surface area contributed by atoms with Crippen LogP contribution in [0.15, 0.2) is 34.5 Å². The number of fused-ring (bicyclic) bond motifs is 2. The van der Waals surface area contributed by atoms with Crippen LogP contribution in [0.25, 0.3) is 0 Å². The summed E-state index contributed by atoms with van der Waals surface area (Å²) in [5.74, 6) is 1.21. The largest absolute Gasteiger partial charge is 0.423 e. The lowest BCUT2D eigenvalue weighted by Crippen LogP contribution is -2.97. The van der Waals surface area contributed by atoms with Gasteiger partial charge in [-0.2, -0.15) is 18.2 Å². The maximum atomic E-state index is 13.6. The van der Waals surface area contributed by atoms with Gasteiger partial charge in [0.1, 0.15) is 11.2 Å². The van der Waals surface area contributed by atoms with Gasteiger partial charge in [-0.25, -0.2) is 10.2 Å². The highest BCUT2D eigenvalue weighted by Gasteiger charge is 2.62. The molecule has 3 aliphatic rings. The Morgan fingerprint density at radius 3 is 2.73 bits per heavy atom. The lowest BCUT2D eigenvalue weighted by Gasteiger charge is -2.61. The van der Waals surface area contributed by atoms with Crippen LogP contribution in [0.2, 0.25) is 0 Å². The third-order valence-electron chi connectivity index (χ3n) is 6.50. The number of quaternary nitrogens is 1. The number of allylic oxidation sites excluding steroid dienone is 1. The number of piperidine rings is 1. The first-order valence-electron chi connectivity index (χ1n) is 10.8. The smallest absolute Gasteiger partial charge is 0.418 e. The van der Waals surface area contributed by atoms with E-state index in [1.165, 1.54) is 22.7 Å². The first-order valence-corrected chi connectivity index (χ1v) is 10.8. The van der Waals surface area contributed by atoms with Crippen LogP contribution < -0.4 is 21.3 Å². The molecule has 0 radical (unpaired) electrons. The van der Waals surface area contributed by atoms with Crippen LogP contribution in [0.3, 0.4) is 0 Å². The van der Waals surface area contributed by atoms with Crippen molar-refractivity contribution in [3.05, 3.63) is 47.4 Å². The molecule has 1 aromatic heterocycles. The summed E-state index contributed by atoms with van der Waals surface area (Å²) in [5.41, 5.74) is 3.73. The number of carbonyl (C=O) groups excluding carboxylic acids is 1. The van der Waals surface area contributed by atoms with E-state index in [-0.39, 0.29) is 17.4 Å².